The zero-order valence-corrected chi connectivity index (χ0v) is 12.4. The first-order chi connectivity index (χ1) is 10.4. The van der Waals surface area contributed by atoms with Crippen LogP contribution in [0.1, 0.15) is 15.9 Å². The topological polar surface area (TPSA) is 67.6 Å². The number of nitrogens with zero attached hydrogens (tertiary/aromatic N) is 4. The van der Waals surface area contributed by atoms with Gasteiger partial charge in [-0.25, -0.2) is 18.7 Å². The third-order valence-corrected chi connectivity index (χ3v) is 2.79. The fourth-order valence-electron chi connectivity index (χ4n) is 1.67. The molecule has 0 atom stereocenters. The van der Waals surface area contributed by atoms with Crippen LogP contribution in [-0.4, -0.2) is 40.8 Å². The highest BCUT2D eigenvalue weighted by atomic mass is 19.1. The lowest BCUT2D eigenvalue weighted by Gasteiger charge is -2.06. The van der Waals surface area contributed by atoms with Crippen molar-refractivity contribution in [3.05, 3.63) is 57.9 Å². The van der Waals surface area contributed by atoms with Gasteiger partial charge < -0.3 is 4.90 Å². The molecule has 1 heterocycles. The van der Waals surface area contributed by atoms with E-state index in [9.17, 15) is 14.0 Å². The van der Waals surface area contributed by atoms with Crippen LogP contribution in [0.3, 0.4) is 0 Å². The van der Waals surface area contributed by atoms with Gasteiger partial charge in [-0.05, 0) is 19.1 Å². The van der Waals surface area contributed by atoms with E-state index in [1.165, 1.54) is 6.34 Å². The number of hydrogen-bond donors (Lipinski definition) is 0. The summed E-state index contributed by atoms with van der Waals surface area (Å²) in [6, 6.07) is 6.61. The number of carbonyl (C=O) groups excluding carboxylic acids is 1. The molecule has 0 unspecified atom stereocenters. The Morgan fingerprint density at radius 1 is 1.32 bits per heavy atom. The van der Waals surface area contributed by atoms with Gasteiger partial charge in [-0.3, -0.25) is 4.79 Å². The lowest BCUT2D eigenvalue weighted by molar-refractivity contribution is 0.0953. The molecule has 0 radical (unpaired) electrons. The van der Waals surface area contributed by atoms with Crippen molar-refractivity contribution < 1.29 is 9.18 Å². The second-order valence-corrected chi connectivity index (χ2v) is 4.94. The highest BCUT2D eigenvalue weighted by molar-refractivity contribution is 5.95. The number of halogens is 1. The van der Waals surface area contributed by atoms with Crippen molar-refractivity contribution in [3.63, 3.8) is 0 Å². The SMILES string of the molecule is Cc1ccc(C(=O)n2cc(F)c(/N=C/N(C)C)nc2=O)cc1. The summed E-state index contributed by atoms with van der Waals surface area (Å²) in [5, 5.41) is 0. The molecule has 0 aliphatic rings. The number of rotatable bonds is 3. The second-order valence-electron chi connectivity index (χ2n) is 4.94. The molecule has 2 rings (SSSR count). The fraction of sp³-hybridized carbons (Fsp3) is 0.200. The van der Waals surface area contributed by atoms with Crippen LogP contribution in [0.5, 0.6) is 0 Å². The van der Waals surface area contributed by atoms with E-state index in [0.29, 0.717) is 4.57 Å². The van der Waals surface area contributed by atoms with Crippen molar-refractivity contribution in [2.75, 3.05) is 14.1 Å². The van der Waals surface area contributed by atoms with Crippen molar-refractivity contribution in [1.82, 2.24) is 14.5 Å². The predicted molar refractivity (Wildman–Crippen MR) is 81.2 cm³/mol. The summed E-state index contributed by atoms with van der Waals surface area (Å²) in [6.45, 7) is 1.87. The number of aryl methyl sites for hydroxylation is 1. The van der Waals surface area contributed by atoms with E-state index >= 15 is 0 Å². The standard InChI is InChI=1S/C15H15FN4O2/c1-10-4-6-11(7-5-10)14(21)20-8-12(16)13(18-15(20)22)17-9-19(2)3/h4-9H,1-3H3/b17-9+. The van der Waals surface area contributed by atoms with Gasteiger partial charge in [0.1, 0.15) is 0 Å². The first-order valence-electron chi connectivity index (χ1n) is 6.49. The Hall–Kier alpha value is -2.83. The summed E-state index contributed by atoms with van der Waals surface area (Å²) in [4.78, 5) is 32.9. The molecule has 2 aromatic rings. The molecule has 1 aromatic carbocycles. The average molecular weight is 302 g/mol. The Labute approximate surface area is 126 Å². The molecule has 0 saturated heterocycles. The molecule has 0 fully saturated rings. The Morgan fingerprint density at radius 2 is 1.95 bits per heavy atom. The molecule has 0 aliphatic heterocycles. The van der Waals surface area contributed by atoms with Crippen molar-refractivity contribution in [3.8, 4) is 0 Å². The van der Waals surface area contributed by atoms with E-state index in [1.54, 1.807) is 43.3 Å². The van der Waals surface area contributed by atoms with Gasteiger partial charge in [0.15, 0.2) is 11.6 Å². The van der Waals surface area contributed by atoms with Crippen LogP contribution in [0.25, 0.3) is 0 Å². The largest absolute Gasteiger partial charge is 0.369 e. The second kappa shape index (κ2) is 6.30. The fourth-order valence-corrected chi connectivity index (χ4v) is 1.67. The minimum atomic E-state index is -0.877. The van der Waals surface area contributed by atoms with E-state index in [2.05, 4.69) is 9.98 Å². The van der Waals surface area contributed by atoms with Crippen LogP contribution in [0.2, 0.25) is 0 Å². The first kappa shape index (κ1) is 15.6. The van der Waals surface area contributed by atoms with Gasteiger partial charge in [-0.2, -0.15) is 4.98 Å². The number of aliphatic imine (C=N–C) groups is 1. The molecule has 1 aromatic heterocycles. The minimum Gasteiger partial charge on any atom is -0.369 e. The maximum Gasteiger partial charge on any atom is 0.356 e. The summed E-state index contributed by atoms with van der Waals surface area (Å²) < 4.78 is 14.5. The smallest absolute Gasteiger partial charge is 0.356 e. The van der Waals surface area contributed by atoms with E-state index in [0.717, 1.165) is 11.8 Å². The number of aromatic nitrogens is 2. The van der Waals surface area contributed by atoms with E-state index in [1.807, 2.05) is 6.92 Å². The number of benzene rings is 1. The third kappa shape index (κ3) is 3.43. The predicted octanol–water partition coefficient (Wildman–Crippen LogP) is 1.60. The van der Waals surface area contributed by atoms with Crippen LogP contribution in [0.4, 0.5) is 10.2 Å². The maximum atomic E-state index is 13.9. The maximum absolute atomic E-state index is 13.9. The van der Waals surface area contributed by atoms with Gasteiger partial charge >= 0.3 is 5.69 Å². The molecule has 0 N–H and O–H groups in total. The molecule has 0 saturated carbocycles. The first-order valence-corrected chi connectivity index (χ1v) is 6.49. The molecule has 22 heavy (non-hydrogen) atoms. The van der Waals surface area contributed by atoms with Crippen LogP contribution in [-0.2, 0) is 0 Å². The molecule has 7 heteroatoms. The van der Waals surface area contributed by atoms with E-state index in [-0.39, 0.29) is 11.4 Å². The zero-order chi connectivity index (χ0) is 16.3. The van der Waals surface area contributed by atoms with Crippen molar-refractivity contribution in [1.29, 1.82) is 0 Å². The van der Waals surface area contributed by atoms with Crippen molar-refractivity contribution in [2.45, 2.75) is 6.92 Å². The van der Waals surface area contributed by atoms with Gasteiger partial charge in [0.05, 0.1) is 12.5 Å². The van der Waals surface area contributed by atoms with Gasteiger partial charge in [-0.1, -0.05) is 17.7 Å². The summed E-state index contributed by atoms with van der Waals surface area (Å²) in [6.07, 6.45) is 2.12. The molecule has 0 bridgehead atoms. The average Bonchev–Trinajstić information content (AvgIpc) is 2.47. The van der Waals surface area contributed by atoms with Gasteiger partial charge in [0.25, 0.3) is 5.91 Å². The van der Waals surface area contributed by atoms with Gasteiger partial charge in [0.2, 0.25) is 0 Å². The van der Waals surface area contributed by atoms with E-state index in [4.69, 9.17) is 0 Å². The molecule has 114 valence electrons. The Morgan fingerprint density at radius 3 is 2.55 bits per heavy atom. The zero-order valence-electron chi connectivity index (χ0n) is 12.4. The highest BCUT2D eigenvalue weighted by Gasteiger charge is 2.14. The summed E-state index contributed by atoms with van der Waals surface area (Å²) in [5.74, 6) is -1.84. The Kier molecular flexibility index (Phi) is 4.45. The Balaban J connectivity index is 2.41. The third-order valence-electron chi connectivity index (χ3n) is 2.79. The lowest BCUT2D eigenvalue weighted by Crippen LogP contribution is -2.29. The molecule has 0 aliphatic carbocycles. The number of hydrogen-bond acceptors (Lipinski definition) is 4. The van der Waals surface area contributed by atoms with Gasteiger partial charge in [0, 0.05) is 19.7 Å². The van der Waals surface area contributed by atoms with Crippen molar-refractivity contribution >= 4 is 18.1 Å². The molecular formula is C15H15FN4O2. The summed E-state index contributed by atoms with van der Waals surface area (Å²) >= 11 is 0. The summed E-state index contributed by atoms with van der Waals surface area (Å²) in [5.41, 5.74) is 0.373. The monoisotopic (exact) mass is 302 g/mol. The van der Waals surface area contributed by atoms with Gasteiger partial charge in [-0.15, -0.1) is 0 Å². The highest BCUT2D eigenvalue weighted by Crippen LogP contribution is 2.11. The summed E-state index contributed by atoms with van der Waals surface area (Å²) in [7, 11) is 3.40. The van der Waals surface area contributed by atoms with Crippen LogP contribution in [0, 0.1) is 12.7 Å². The van der Waals surface area contributed by atoms with Crippen LogP contribution >= 0.6 is 0 Å². The number of carbonyl (C=O) groups is 1. The molecule has 0 spiro atoms. The quantitative estimate of drug-likeness (QED) is 0.638. The molecule has 6 nitrogen and oxygen atoms in total. The lowest BCUT2D eigenvalue weighted by atomic mass is 10.1. The van der Waals surface area contributed by atoms with Crippen molar-refractivity contribution in [2.24, 2.45) is 4.99 Å². The van der Waals surface area contributed by atoms with E-state index < -0.39 is 17.4 Å². The molecule has 0 amide bonds. The Bertz CT molecular complexity index is 779. The van der Waals surface area contributed by atoms with Crippen LogP contribution in [0.15, 0.2) is 40.2 Å². The normalized spacial score (nSPS) is 10.9. The minimum absolute atomic E-state index is 0.276. The van der Waals surface area contributed by atoms with Crippen LogP contribution < -0.4 is 5.69 Å². The molecular weight excluding hydrogens is 287 g/mol.